The minimum absolute atomic E-state index is 0.0249. The number of phenols is 1. The Morgan fingerprint density at radius 1 is 1.38 bits per heavy atom. The highest BCUT2D eigenvalue weighted by molar-refractivity contribution is 5.99. The van der Waals surface area contributed by atoms with Crippen molar-refractivity contribution in [2.24, 2.45) is 21.1 Å². The zero-order chi connectivity index (χ0) is 19.4. The number of hydrogen-bond donors (Lipinski definition) is 2. The predicted molar refractivity (Wildman–Crippen MR) is 98.9 cm³/mol. The zero-order valence-corrected chi connectivity index (χ0v) is 15.8. The number of anilines is 1. The lowest BCUT2D eigenvalue weighted by Crippen LogP contribution is -2.37. The van der Waals surface area contributed by atoms with Gasteiger partial charge in [0.1, 0.15) is 11.2 Å². The van der Waals surface area contributed by atoms with Gasteiger partial charge in [-0.15, -0.1) is 0 Å². The fourth-order valence-electron chi connectivity index (χ4n) is 4.02. The molecule has 0 heterocycles. The van der Waals surface area contributed by atoms with Crippen LogP contribution in [0.15, 0.2) is 28.4 Å². The maximum Gasteiger partial charge on any atom is 0.364 e. The van der Waals surface area contributed by atoms with Crippen molar-refractivity contribution >= 4 is 18.0 Å². The SMILES string of the molecule is CCC1(C)CC(N=[N+]=NC(=O)c2cccc(NC=O)c2O)CC(C)(C)C1. The van der Waals surface area contributed by atoms with Gasteiger partial charge in [0.15, 0.2) is 5.75 Å². The van der Waals surface area contributed by atoms with E-state index in [-0.39, 0.29) is 33.9 Å². The van der Waals surface area contributed by atoms with Gasteiger partial charge >= 0.3 is 5.91 Å². The lowest BCUT2D eigenvalue weighted by molar-refractivity contribution is -0.105. The van der Waals surface area contributed by atoms with Crippen LogP contribution >= 0.6 is 0 Å². The van der Waals surface area contributed by atoms with Gasteiger partial charge in [-0.1, -0.05) is 40.2 Å². The standard InChI is InChI=1S/C19H26N4O3/c1-5-19(4)10-13(9-18(2,3)11-19)21-23-22-17(26)14-7-6-8-15(16(14)25)20-12-24/h6-8,12-13H,5,9-11H2,1-4H3,(H,21,22,26)/p+1. The molecule has 0 radical (unpaired) electrons. The summed E-state index contributed by atoms with van der Waals surface area (Å²) in [5.74, 6) is -1.03. The molecule has 140 valence electrons. The van der Waals surface area contributed by atoms with E-state index >= 15 is 0 Å². The number of carbonyl (C=O) groups excluding carboxylic acids is 2. The van der Waals surface area contributed by atoms with Gasteiger partial charge in [0.05, 0.1) is 11.3 Å². The highest BCUT2D eigenvalue weighted by Gasteiger charge is 2.42. The number of carbonyl (C=O) groups is 2. The number of aromatic hydroxyl groups is 1. The number of nitrogens with zero attached hydrogens (tertiary/aromatic N) is 3. The van der Waals surface area contributed by atoms with E-state index in [1.165, 1.54) is 12.1 Å². The summed E-state index contributed by atoms with van der Waals surface area (Å²) in [6.07, 6.45) is 4.46. The zero-order valence-electron chi connectivity index (χ0n) is 15.8. The Balaban J connectivity index is 2.17. The van der Waals surface area contributed by atoms with Gasteiger partial charge in [-0.05, 0) is 42.2 Å². The molecule has 1 fully saturated rings. The Bertz CT molecular complexity index is 753. The topological polar surface area (TPSA) is 105 Å². The van der Waals surface area contributed by atoms with Crippen LogP contribution in [0.25, 0.3) is 0 Å². The molecule has 2 amide bonds. The molecular weight excluding hydrogens is 332 g/mol. The highest BCUT2D eigenvalue weighted by atomic mass is 16.3. The summed E-state index contributed by atoms with van der Waals surface area (Å²) in [7, 11) is 0. The van der Waals surface area contributed by atoms with E-state index in [0.29, 0.717) is 6.41 Å². The average molecular weight is 359 g/mol. The van der Waals surface area contributed by atoms with E-state index in [0.717, 1.165) is 25.7 Å². The molecule has 1 aromatic rings. The molecule has 1 aliphatic rings. The Labute approximate surface area is 153 Å². The molecule has 0 bridgehead atoms. The van der Waals surface area contributed by atoms with Crippen LogP contribution in [0.3, 0.4) is 0 Å². The third-order valence-electron chi connectivity index (χ3n) is 5.11. The molecule has 26 heavy (non-hydrogen) atoms. The minimum Gasteiger partial charge on any atom is -0.505 e. The van der Waals surface area contributed by atoms with Crippen LogP contribution < -0.4 is 10.2 Å². The van der Waals surface area contributed by atoms with Gasteiger partial charge in [-0.25, -0.2) is 0 Å². The molecule has 0 aliphatic heterocycles. The minimum atomic E-state index is -0.700. The van der Waals surface area contributed by atoms with Crippen LogP contribution in [0, 0.1) is 10.8 Å². The van der Waals surface area contributed by atoms with E-state index in [9.17, 15) is 14.7 Å². The first-order chi connectivity index (χ1) is 12.2. The first kappa shape index (κ1) is 19.8. The molecule has 2 rings (SSSR count). The second kappa shape index (κ2) is 7.79. The Kier molecular flexibility index (Phi) is 5.93. The number of hydrogen-bond acceptors (Lipinski definition) is 4. The molecule has 1 aliphatic carbocycles. The molecule has 2 unspecified atom stereocenters. The lowest BCUT2D eigenvalue weighted by atomic mass is 9.62. The van der Waals surface area contributed by atoms with Crippen LogP contribution in [-0.2, 0) is 4.79 Å². The maximum absolute atomic E-state index is 12.2. The number of amides is 2. The molecule has 1 saturated carbocycles. The number of benzene rings is 1. The van der Waals surface area contributed by atoms with Gasteiger partial charge in [-0.2, -0.15) is 0 Å². The molecule has 0 spiro atoms. The van der Waals surface area contributed by atoms with Crippen molar-refractivity contribution in [3.8, 4) is 5.75 Å². The monoisotopic (exact) mass is 359 g/mol. The van der Waals surface area contributed by atoms with Crippen LogP contribution in [0.5, 0.6) is 5.75 Å². The van der Waals surface area contributed by atoms with Crippen LogP contribution in [0.4, 0.5) is 5.69 Å². The number of para-hydroxylation sites is 1. The smallest absolute Gasteiger partial charge is 0.364 e. The van der Waals surface area contributed by atoms with Crippen molar-refractivity contribution < 1.29 is 14.7 Å². The van der Waals surface area contributed by atoms with Gasteiger partial charge in [0.25, 0.3) is 0 Å². The Morgan fingerprint density at radius 2 is 2.12 bits per heavy atom. The van der Waals surface area contributed by atoms with Crippen LogP contribution in [-0.4, -0.2) is 23.5 Å². The molecule has 0 saturated heterocycles. The molecule has 0 aromatic heterocycles. The fourth-order valence-corrected chi connectivity index (χ4v) is 4.02. The number of nitrogens with one attached hydrogen (secondary N) is 1. The van der Waals surface area contributed by atoms with Crippen LogP contribution in [0.1, 0.15) is 63.7 Å². The third-order valence-corrected chi connectivity index (χ3v) is 5.11. The quantitative estimate of drug-likeness (QED) is 0.358. The van der Waals surface area contributed by atoms with E-state index in [2.05, 4.69) is 48.2 Å². The van der Waals surface area contributed by atoms with Crippen molar-refractivity contribution in [3.05, 3.63) is 23.8 Å². The van der Waals surface area contributed by atoms with Crippen molar-refractivity contribution in [2.45, 2.75) is 59.4 Å². The number of phenolic OH excluding ortho intramolecular Hbond substituents is 1. The van der Waals surface area contributed by atoms with Crippen molar-refractivity contribution in [1.29, 1.82) is 0 Å². The van der Waals surface area contributed by atoms with E-state index in [4.69, 9.17) is 0 Å². The number of rotatable bonds is 5. The van der Waals surface area contributed by atoms with Crippen molar-refractivity contribution in [3.63, 3.8) is 0 Å². The van der Waals surface area contributed by atoms with Gasteiger partial charge in [-0.3, -0.25) is 9.59 Å². The van der Waals surface area contributed by atoms with Gasteiger partial charge < -0.3 is 10.4 Å². The molecule has 2 atom stereocenters. The second-order valence-electron chi connectivity index (χ2n) is 8.14. The molecule has 7 nitrogen and oxygen atoms in total. The van der Waals surface area contributed by atoms with E-state index < -0.39 is 5.91 Å². The highest BCUT2D eigenvalue weighted by Crippen LogP contribution is 2.48. The first-order valence-corrected chi connectivity index (χ1v) is 8.87. The first-order valence-electron chi connectivity index (χ1n) is 8.87. The maximum atomic E-state index is 12.2. The second-order valence-corrected chi connectivity index (χ2v) is 8.14. The molecule has 2 N–H and O–H groups in total. The third kappa shape index (κ3) is 4.76. The summed E-state index contributed by atoms with van der Waals surface area (Å²) < 4.78 is 0. The largest absolute Gasteiger partial charge is 0.505 e. The van der Waals surface area contributed by atoms with E-state index in [1.807, 2.05) is 0 Å². The summed E-state index contributed by atoms with van der Waals surface area (Å²) in [4.78, 5) is 26.5. The molecular formula is C19H27N4O3+. The Morgan fingerprint density at radius 3 is 2.77 bits per heavy atom. The van der Waals surface area contributed by atoms with Crippen molar-refractivity contribution in [2.75, 3.05) is 5.32 Å². The summed E-state index contributed by atoms with van der Waals surface area (Å²) >= 11 is 0. The van der Waals surface area contributed by atoms with Crippen LogP contribution in [0.2, 0.25) is 0 Å². The average Bonchev–Trinajstić information content (AvgIpc) is 2.55. The summed E-state index contributed by atoms with van der Waals surface area (Å²) in [6.45, 7) is 8.91. The normalized spacial score (nSPS) is 24.2. The predicted octanol–water partition coefficient (Wildman–Crippen LogP) is 4.07. The summed E-state index contributed by atoms with van der Waals surface area (Å²) in [6, 6.07) is 4.47. The molecule has 7 heteroatoms. The lowest BCUT2D eigenvalue weighted by Gasteiger charge is -2.43. The Hall–Kier alpha value is -2.53. The van der Waals surface area contributed by atoms with Gasteiger partial charge in [0, 0.05) is 0 Å². The fraction of sp³-hybridized carbons (Fsp3) is 0.579. The summed E-state index contributed by atoms with van der Waals surface area (Å²) in [5.41, 5.74) is 0.496. The summed E-state index contributed by atoms with van der Waals surface area (Å²) in [5, 5.41) is 20.2. The van der Waals surface area contributed by atoms with Gasteiger partial charge in [0.2, 0.25) is 16.4 Å². The molecule has 1 aromatic carbocycles. The van der Waals surface area contributed by atoms with E-state index in [1.54, 1.807) is 6.07 Å². The van der Waals surface area contributed by atoms with Crippen molar-refractivity contribution in [1.82, 2.24) is 4.91 Å².